The van der Waals surface area contributed by atoms with Crippen LogP contribution in [-0.2, 0) is 36.9 Å². The second-order valence-corrected chi connectivity index (χ2v) is 10.8. The molecule has 42 heavy (non-hydrogen) atoms. The Morgan fingerprint density at radius 1 is 0.881 bits per heavy atom. The number of ketones is 1. The van der Waals surface area contributed by atoms with E-state index in [1.165, 1.54) is 23.6 Å². The molecule has 0 aromatic heterocycles. The molecule has 1 fully saturated rings. The van der Waals surface area contributed by atoms with Crippen LogP contribution in [-0.4, -0.2) is 63.5 Å². The summed E-state index contributed by atoms with van der Waals surface area (Å²) in [4.78, 5) is 65.3. The number of Topliss-reactive ketones (excluding diaryl/α,β-unsaturated/α-hetero) is 1. The number of nitrogens with one attached hydrogen (secondary N) is 2. The number of carboxylic acids is 1. The normalized spacial score (nSPS) is 17.5. The molecule has 0 bridgehead atoms. The van der Waals surface area contributed by atoms with E-state index < -0.39 is 53.2 Å². The van der Waals surface area contributed by atoms with Gasteiger partial charge < -0.3 is 25.4 Å². The van der Waals surface area contributed by atoms with E-state index in [0.717, 1.165) is 11.1 Å². The molecule has 1 aliphatic heterocycles. The highest BCUT2D eigenvalue weighted by molar-refractivity contribution is 7.99. The van der Waals surface area contributed by atoms with Crippen LogP contribution in [0.1, 0.15) is 29.0 Å². The molecule has 0 radical (unpaired) electrons. The number of carbonyl (C=O) groups excluding carboxylic acids is 4. The molecule has 11 heteroatoms. The Balaban J connectivity index is 1.51. The number of benzene rings is 3. The van der Waals surface area contributed by atoms with Crippen molar-refractivity contribution in [3.63, 3.8) is 0 Å². The summed E-state index contributed by atoms with van der Waals surface area (Å²) in [5.41, 5.74) is 2.22. The number of alkyl carbamates (subject to hydrolysis) is 1. The molecule has 0 spiro atoms. The molecule has 4 atom stereocenters. The minimum atomic E-state index is -1.67. The van der Waals surface area contributed by atoms with Gasteiger partial charge >= 0.3 is 12.1 Å². The molecule has 1 saturated heterocycles. The van der Waals surface area contributed by atoms with Crippen molar-refractivity contribution in [2.45, 2.75) is 43.5 Å². The van der Waals surface area contributed by atoms with Gasteiger partial charge in [-0.2, -0.15) is 0 Å². The number of ether oxygens (including phenoxy) is 1. The van der Waals surface area contributed by atoms with E-state index >= 15 is 0 Å². The smallest absolute Gasteiger partial charge is 0.408 e. The van der Waals surface area contributed by atoms with Crippen LogP contribution in [0.5, 0.6) is 0 Å². The zero-order valence-corrected chi connectivity index (χ0v) is 23.7. The molecular weight excluding hydrogens is 558 g/mol. The lowest BCUT2D eigenvalue weighted by Gasteiger charge is -2.32. The standard InChI is InChI=1S/C31H31N3O7S/c1-20(32-31(40)41-18-22-13-7-3-8-14-22)28(37)34-25(19-42-29(34)23-15-9-4-10-16-23)27(36)33-24(26(35)30(38)39)17-21-11-5-2-6-12-21/h2-16,20,24-25,29H,17-19H2,1H3,(H,32,40)(H,33,36)(H,38,39)/t20-,24-,25-,29?/m0/s1. The molecule has 1 heterocycles. The third-order valence-electron chi connectivity index (χ3n) is 6.69. The van der Waals surface area contributed by atoms with Crippen LogP contribution in [0.3, 0.4) is 0 Å². The summed E-state index contributed by atoms with van der Waals surface area (Å²) in [6, 6.07) is 23.5. The fourth-order valence-electron chi connectivity index (χ4n) is 4.55. The first kappa shape index (κ1) is 30.3. The van der Waals surface area contributed by atoms with Gasteiger partial charge in [-0.15, -0.1) is 11.8 Å². The maximum atomic E-state index is 13.8. The molecule has 1 aliphatic rings. The third kappa shape index (κ3) is 7.76. The largest absolute Gasteiger partial charge is 0.475 e. The van der Waals surface area contributed by atoms with E-state index in [9.17, 15) is 29.1 Å². The number of aliphatic carboxylic acids is 1. The first-order valence-corrected chi connectivity index (χ1v) is 14.4. The Labute approximate surface area is 247 Å². The van der Waals surface area contributed by atoms with Crippen LogP contribution in [0.2, 0.25) is 0 Å². The lowest BCUT2D eigenvalue weighted by molar-refractivity contribution is -0.151. The van der Waals surface area contributed by atoms with Crippen molar-refractivity contribution in [1.29, 1.82) is 0 Å². The van der Waals surface area contributed by atoms with Gasteiger partial charge in [0, 0.05) is 12.2 Å². The summed E-state index contributed by atoms with van der Waals surface area (Å²) in [5, 5.41) is 14.0. The van der Waals surface area contributed by atoms with E-state index in [-0.39, 0.29) is 18.8 Å². The van der Waals surface area contributed by atoms with Gasteiger partial charge in [0.2, 0.25) is 11.8 Å². The number of thioether (sulfide) groups is 1. The average molecular weight is 590 g/mol. The highest BCUT2D eigenvalue weighted by Crippen LogP contribution is 2.41. The van der Waals surface area contributed by atoms with Crippen molar-refractivity contribution in [2.75, 3.05) is 5.75 Å². The van der Waals surface area contributed by atoms with E-state index in [1.54, 1.807) is 42.5 Å². The Morgan fingerprint density at radius 2 is 1.45 bits per heavy atom. The van der Waals surface area contributed by atoms with Gasteiger partial charge in [0.1, 0.15) is 30.1 Å². The Morgan fingerprint density at radius 3 is 2.05 bits per heavy atom. The summed E-state index contributed by atoms with van der Waals surface area (Å²) in [5.74, 6) is -3.83. The monoisotopic (exact) mass is 589 g/mol. The number of nitrogens with zero attached hydrogens (tertiary/aromatic N) is 1. The topological polar surface area (TPSA) is 142 Å². The number of carboxylic acid groups (broad SMARTS) is 1. The average Bonchev–Trinajstić information content (AvgIpc) is 3.46. The molecule has 4 rings (SSSR count). The van der Waals surface area contributed by atoms with E-state index in [1.807, 2.05) is 48.5 Å². The first-order valence-electron chi connectivity index (χ1n) is 13.3. The zero-order valence-electron chi connectivity index (χ0n) is 22.8. The summed E-state index contributed by atoms with van der Waals surface area (Å²) in [7, 11) is 0. The van der Waals surface area contributed by atoms with Gasteiger partial charge in [-0.1, -0.05) is 91.0 Å². The third-order valence-corrected chi connectivity index (χ3v) is 8.01. The van der Waals surface area contributed by atoms with E-state index in [2.05, 4.69) is 10.6 Å². The fraction of sp³-hybridized carbons (Fsp3) is 0.258. The van der Waals surface area contributed by atoms with Gasteiger partial charge in [0.25, 0.3) is 5.78 Å². The van der Waals surface area contributed by atoms with E-state index in [4.69, 9.17) is 4.74 Å². The second-order valence-electron chi connectivity index (χ2n) is 9.71. The summed E-state index contributed by atoms with van der Waals surface area (Å²) >= 11 is 1.36. The van der Waals surface area contributed by atoms with Gasteiger partial charge in [0.05, 0.1) is 0 Å². The Bertz CT molecular complexity index is 1410. The predicted octanol–water partition coefficient (Wildman–Crippen LogP) is 3.33. The van der Waals surface area contributed by atoms with Crippen molar-refractivity contribution >= 4 is 41.4 Å². The molecule has 3 aromatic carbocycles. The Kier molecular flexibility index (Phi) is 10.3. The van der Waals surface area contributed by atoms with Gasteiger partial charge in [-0.25, -0.2) is 9.59 Å². The second kappa shape index (κ2) is 14.3. The quantitative estimate of drug-likeness (QED) is 0.289. The number of hydrogen-bond acceptors (Lipinski definition) is 7. The first-order chi connectivity index (χ1) is 20.2. The summed E-state index contributed by atoms with van der Waals surface area (Å²) in [6.45, 7) is 1.52. The Hall–Kier alpha value is -4.64. The van der Waals surface area contributed by atoms with Crippen LogP contribution in [0.4, 0.5) is 4.79 Å². The molecule has 3 aromatic rings. The number of hydrogen-bond donors (Lipinski definition) is 3. The molecule has 3 amide bonds. The molecule has 0 aliphatic carbocycles. The molecule has 0 saturated carbocycles. The number of carbonyl (C=O) groups is 5. The van der Waals surface area contributed by atoms with Gasteiger partial charge in [-0.3, -0.25) is 14.4 Å². The highest BCUT2D eigenvalue weighted by atomic mass is 32.2. The highest BCUT2D eigenvalue weighted by Gasteiger charge is 2.44. The minimum absolute atomic E-state index is 0.0191. The van der Waals surface area contributed by atoms with Crippen LogP contribution >= 0.6 is 11.8 Å². The van der Waals surface area contributed by atoms with Crippen LogP contribution in [0, 0.1) is 0 Å². The lowest BCUT2D eigenvalue weighted by atomic mass is 10.0. The van der Waals surface area contributed by atoms with Crippen molar-refractivity contribution in [1.82, 2.24) is 15.5 Å². The van der Waals surface area contributed by atoms with Crippen LogP contribution < -0.4 is 10.6 Å². The maximum Gasteiger partial charge on any atom is 0.408 e. The fourth-order valence-corrected chi connectivity index (χ4v) is 5.99. The molecular formula is C31H31N3O7S. The van der Waals surface area contributed by atoms with Crippen molar-refractivity contribution in [3.05, 3.63) is 108 Å². The van der Waals surface area contributed by atoms with Crippen LogP contribution in [0.25, 0.3) is 0 Å². The summed E-state index contributed by atoms with van der Waals surface area (Å²) in [6.07, 6.45) is -0.822. The number of amides is 3. The maximum absolute atomic E-state index is 13.8. The minimum Gasteiger partial charge on any atom is -0.475 e. The lowest BCUT2D eigenvalue weighted by Crippen LogP contribution is -2.56. The zero-order chi connectivity index (χ0) is 30.1. The molecule has 10 nitrogen and oxygen atoms in total. The van der Waals surface area contributed by atoms with Crippen molar-refractivity contribution < 1.29 is 33.8 Å². The van der Waals surface area contributed by atoms with Gasteiger partial charge in [-0.05, 0) is 23.6 Å². The SMILES string of the molecule is C[C@H](NC(=O)OCc1ccccc1)C(=O)N1C(c2ccccc2)SC[C@H]1C(=O)N[C@@H](Cc1ccccc1)C(=O)C(=O)O. The predicted molar refractivity (Wildman–Crippen MR) is 156 cm³/mol. The van der Waals surface area contributed by atoms with E-state index in [0.29, 0.717) is 5.56 Å². The molecule has 1 unspecified atom stereocenters. The van der Waals surface area contributed by atoms with Crippen molar-refractivity contribution in [2.24, 2.45) is 0 Å². The molecule has 3 N–H and O–H groups in total. The van der Waals surface area contributed by atoms with Crippen LogP contribution in [0.15, 0.2) is 91.0 Å². The van der Waals surface area contributed by atoms with Crippen molar-refractivity contribution in [3.8, 4) is 0 Å². The summed E-state index contributed by atoms with van der Waals surface area (Å²) < 4.78 is 5.26. The number of rotatable bonds is 11. The molecule has 218 valence electrons. The van der Waals surface area contributed by atoms with Gasteiger partial charge in [0.15, 0.2) is 0 Å².